The van der Waals surface area contributed by atoms with Gasteiger partial charge in [-0.15, -0.1) is 0 Å². The quantitative estimate of drug-likeness (QED) is 0.325. The Labute approximate surface area is 232 Å². The second-order valence-electron chi connectivity index (χ2n) is 10.00. The van der Waals surface area contributed by atoms with Crippen LogP contribution in [0.4, 0.5) is 17.3 Å². The Hall–Kier alpha value is -4.28. The number of rotatable bonds is 7. The van der Waals surface area contributed by atoms with Crippen LogP contribution in [0.5, 0.6) is 0 Å². The summed E-state index contributed by atoms with van der Waals surface area (Å²) in [7, 11) is 0.413. The van der Waals surface area contributed by atoms with Gasteiger partial charge in [0, 0.05) is 50.8 Å². The highest BCUT2D eigenvalue weighted by atomic mass is 32.2. The standard InChI is InChI=1S/C27H30N10O2S/c1-28-21-9-13-36(14-10-21)24-15-26(30-16-19(24)3-4-22-8-12-35(2)34-22)32-25-7-11-29-27(33-25)20-17-31-37(18-20)40(38,39)23-5-6-23/h7-8,11-12,15-18,21,23,28H,5-6,9-10,13-14H2,1-2H3,(H,29,30,32,33). The molecule has 1 saturated heterocycles. The lowest BCUT2D eigenvalue weighted by molar-refractivity contribution is 0.442. The molecule has 0 aromatic carbocycles. The molecule has 0 atom stereocenters. The van der Waals surface area contributed by atoms with E-state index < -0.39 is 10.0 Å². The molecule has 206 valence electrons. The summed E-state index contributed by atoms with van der Waals surface area (Å²) < 4.78 is 27.8. The molecule has 2 aliphatic rings. The first kappa shape index (κ1) is 26.0. The Morgan fingerprint density at radius 3 is 2.58 bits per heavy atom. The van der Waals surface area contributed by atoms with Gasteiger partial charge in [-0.2, -0.15) is 14.3 Å². The molecular formula is C27H30N10O2S. The van der Waals surface area contributed by atoms with Crippen LogP contribution >= 0.6 is 0 Å². The van der Waals surface area contributed by atoms with E-state index in [9.17, 15) is 8.42 Å². The molecule has 2 N–H and O–H groups in total. The van der Waals surface area contributed by atoms with Crippen LogP contribution in [-0.2, 0) is 17.1 Å². The van der Waals surface area contributed by atoms with Crippen LogP contribution in [0.15, 0.2) is 49.2 Å². The van der Waals surface area contributed by atoms with E-state index in [1.54, 1.807) is 23.1 Å². The van der Waals surface area contributed by atoms with Crippen molar-refractivity contribution in [2.24, 2.45) is 7.05 Å². The Morgan fingerprint density at radius 1 is 1.02 bits per heavy atom. The van der Waals surface area contributed by atoms with Crippen molar-refractivity contribution in [1.29, 1.82) is 0 Å². The first-order chi connectivity index (χ1) is 19.4. The molecule has 13 heteroatoms. The summed E-state index contributed by atoms with van der Waals surface area (Å²) in [6, 6.07) is 6.11. The lowest BCUT2D eigenvalue weighted by Gasteiger charge is -2.34. The molecule has 0 spiro atoms. The maximum absolute atomic E-state index is 12.5. The molecule has 5 heterocycles. The van der Waals surface area contributed by atoms with E-state index in [1.165, 1.54) is 12.4 Å². The van der Waals surface area contributed by atoms with E-state index >= 15 is 0 Å². The van der Waals surface area contributed by atoms with Crippen molar-refractivity contribution in [3.05, 3.63) is 60.4 Å². The molecule has 40 heavy (non-hydrogen) atoms. The Balaban J connectivity index is 1.26. The van der Waals surface area contributed by atoms with Gasteiger partial charge in [0.05, 0.1) is 34.5 Å². The van der Waals surface area contributed by atoms with Gasteiger partial charge >= 0.3 is 0 Å². The summed E-state index contributed by atoms with van der Waals surface area (Å²) in [6.45, 7) is 1.80. The maximum atomic E-state index is 12.5. The second kappa shape index (κ2) is 10.7. The Kier molecular flexibility index (Phi) is 6.95. The van der Waals surface area contributed by atoms with E-state index in [0.29, 0.717) is 47.6 Å². The zero-order valence-corrected chi connectivity index (χ0v) is 23.1. The fourth-order valence-corrected chi connectivity index (χ4v) is 6.15. The molecule has 4 aromatic heterocycles. The van der Waals surface area contributed by atoms with Crippen molar-refractivity contribution in [2.75, 3.05) is 30.4 Å². The average molecular weight is 559 g/mol. The molecule has 4 aromatic rings. The minimum atomic E-state index is -3.46. The molecule has 6 rings (SSSR count). The van der Waals surface area contributed by atoms with E-state index in [1.807, 2.05) is 32.4 Å². The third-order valence-electron chi connectivity index (χ3n) is 7.10. The highest BCUT2D eigenvalue weighted by molar-refractivity contribution is 7.90. The van der Waals surface area contributed by atoms with Gasteiger partial charge in [0.25, 0.3) is 10.0 Å². The van der Waals surface area contributed by atoms with Gasteiger partial charge in [0.15, 0.2) is 5.82 Å². The largest absolute Gasteiger partial charge is 0.370 e. The predicted octanol–water partition coefficient (Wildman–Crippen LogP) is 2.14. The van der Waals surface area contributed by atoms with Gasteiger partial charge in [-0.1, -0.05) is 5.92 Å². The first-order valence-corrected chi connectivity index (χ1v) is 14.7. The fraction of sp³-hybridized carbons (Fsp3) is 0.370. The second-order valence-corrected chi connectivity index (χ2v) is 12.1. The summed E-state index contributed by atoms with van der Waals surface area (Å²) >= 11 is 0. The van der Waals surface area contributed by atoms with E-state index in [2.05, 4.69) is 52.5 Å². The van der Waals surface area contributed by atoms with Gasteiger partial charge in [-0.05, 0) is 50.8 Å². The maximum Gasteiger partial charge on any atom is 0.256 e. The van der Waals surface area contributed by atoms with E-state index in [4.69, 9.17) is 0 Å². The van der Waals surface area contributed by atoms with Crippen molar-refractivity contribution in [3.8, 4) is 23.2 Å². The van der Waals surface area contributed by atoms with Crippen LogP contribution in [0.25, 0.3) is 11.4 Å². The molecule has 1 aliphatic heterocycles. The minimum absolute atomic E-state index is 0.352. The number of pyridine rings is 1. The third kappa shape index (κ3) is 5.54. The number of piperidine rings is 1. The molecule has 0 amide bonds. The van der Waals surface area contributed by atoms with Crippen LogP contribution < -0.4 is 15.5 Å². The van der Waals surface area contributed by atoms with E-state index in [0.717, 1.165) is 41.3 Å². The smallest absolute Gasteiger partial charge is 0.256 e. The molecule has 12 nitrogen and oxygen atoms in total. The monoisotopic (exact) mass is 558 g/mol. The molecule has 0 unspecified atom stereocenters. The van der Waals surface area contributed by atoms with Crippen LogP contribution in [0, 0.1) is 11.8 Å². The van der Waals surface area contributed by atoms with Crippen molar-refractivity contribution in [2.45, 2.75) is 37.0 Å². The topological polar surface area (TPSA) is 136 Å². The summed E-state index contributed by atoms with van der Waals surface area (Å²) in [5, 5.41) is 14.7. The molecule has 1 aliphatic carbocycles. The summed E-state index contributed by atoms with van der Waals surface area (Å²) in [6.07, 6.45) is 11.6. The highest BCUT2D eigenvalue weighted by Gasteiger charge is 2.37. The number of aryl methyl sites for hydroxylation is 1. The van der Waals surface area contributed by atoms with Crippen LogP contribution in [0.2, 0.25) is 0 Å². The number of aromatic nitrogens is 7. The van der Waals surface area contributed by atoms with Gasteiger partial charge in [-0.3, -0.25) is 4.68 Å². The average Bonchev–Trinajstić information content (AvgIpc) is 3.57. The van der Waals surface area contributed by atoms with Crippen LogP contribution in [-0.4, -0.2) is 73.8 Å². The third-order valence-corrected chi connectivity index (χ3v) is 9.14. The summed E-state index contributed by atoms with van der Waals surface area (Å²) in [5.41, 5.74) is 3.04. The predicted molar refractivity (Wildman–Crippen MR) is 152 cm³/mol. The van der Waals surface area contributed by atoms with Gasteiger partial charge in [0.2, 0.25) is 0 Å². The van der Waals surface area contributed by atoms with Crippen molar-refractivity contribution in [3.63, 3.8) is 0 Å². The minimum Gasteiger partial charge on any atom is -0.370 e. The summed E-state index contributed by atoms with van der Waals surface area (Å²) in [5.74, 6) is 7.92. The van der Waals surface area contributed by atoms with Gasteiger partial charge in [-0.25, -0.2) is 23.4 Å². The lowest BCUT2D eigenvalue weighted by atomic mass is 10.0. The number of hydrogen-bond donors (Lipinski definition) is 2. The first-order valence-electron chi connectivity index (χ1n) is 13.2. The number of hydrogen-bond acceptors (Lipinski definition) is 10. The number of nitrogens with zero attached hydrogens (tertiary/aromatic N) is 8. The zero-order valence-electron chi connectivity index (χ0n) is 22.3. The van der Waals surface area contributed by atoms with Crippen molar-refractivity contribution < 1.29 is 8.42 Å². The lowest BCUT2D eigenvalue weighted by Crippen LogP contribution is -2.41. The Morgan fingerprint density at radius 2 is 1.85 bits per heavy atom. The molecule has 1 saturated carbocycles. The van der Waals surface area contributed by atoms with Crippen molar-refractivity contribution >= 4 is 27.3 Å². The van der Waals surface area contributed by atoms with Crippen LogP contribution in [0.1, 0.15) is 36.9 Å². The zero-order chi connectivity index (χ0) is 27.7. The van der Waals surface area contributed by atoms with Gasteiger partial charge < -0.3 is 15.5 Å². The normalized spacial score (nSPS) is 16.0. The number of anilines is 3. The molecule has 0 bridgehead atoms. The Bertz CT molecular complexity index is 1690. The molecular weight excluding hydrogens is 528 g/mol. The highest BCUT2D eigenvalue weighted by Crippen LogP contribution is 2.31. The van der Waals surface area contributed by atoms with Crippen molar-refractivity contribution in [1.82, 2.24) is 39.2 Å². The SMILES string of the molecule is CNC1CCN(c2cc(Nc3ccnc(-c4cnn(S(=O)(=O)C5CC5)c4)n3)ncc2C#Cc2ccn(C)n2)CC1. The molecule has 2 fully saturated rings. The fourth-order valence-electron chi connectivity index (χ4n) is 4.67. The van der Waals surface area contributed by atoms with E-state index in [-0.39, 0.29) is 5.25 Å². The molecule has 0 radical (unpaired) electrons. The summed E-state index contributed by atoms with van der Waals surface area (Å²) in [4.78, 5) is 15.9. The number of nitrogens with one attached hydrogen (secondary N) is 2. The van der Waals surface area contributed by atoms with Gasteiger partial charge in [0.1, 0.15) is 17.3 Å². The van der Waals surface area contributed by atoms with Crippen LogP contribution in [0.3, 0.4) is 0 Å².